The summed E-state index contributed by atoms with van der Waals surface area (Å²) in [6.45, 7) is 0. The number of fused-ring (bicyclic) bond motifs is 2. The number of rotatable bonds is 11. The fourth-order valence-corrected chi connectivity index (χ4v) is 5.29. The molecule has 4 heteroatoms. The molecule has 2 bridgehead atoms. The average molecular weight is 387 g/mol. The van der Waals surface area contributed by atoms with E-state index in [0.29, 0.717) is 24.0 Å². The van der Waals surface area contributed by atoms with Gasteiger partial charge in [-0.25, -0.2) is 0 Å². The van der Waals surface area contributed by atoms with Crippen LogP contribution in [0.2, 0.25) is 0 Å². The highest BCUT2D eigenvalue weighted by atomic mass is 32.2. The Bertz CT molecular complexity index is 640. The van der Waals surface area contributed by atoms with Gasteiger partial charge in [-0.3, -0.25) is 4.79 Å². The maximum atomic E-state index is 10.6. The van der Waals surface area contributed by atoms with Gasteiger partial charge in [0.2, 0.25) is 0 Å². The van der Waals surface area contributed by atoms with Crippen molar-refractivity contribution >= 4 is 23.8 Å². The van der Waals surface area contributed by atoms with Crippen molar-refractivity contribution in [2.75, 3.05) is 11.5 Å². The van der Waals surface area contributed by atoms with Crippen molar-refractivity contribution in [2.45, 2.75) is 50.7 Å². The number of hydrogen-bond donors (Lipinski definition) is 1. The minimum Gasteiger partial charge on any atom is -0.481 e. The van der Waals surface area contributed by atoms with Crippen LogP contribution in [0.1, 0.15) is 44.1 Å². The van der Waals surface area contributed by atoms with Gasteiger partial charge in [-0.15, -0.1) is 0 Å². The van der Waals surface area contributed by atoms with Gasteiger partial charge in [-0.05, 0) is 55.3 Å². The Morgan fingerprint density at radius 2 is 1.89 bits per heavy atom. The molecule has 0 aromatic heterocycles. The van der Waals surface area contributed by atoms with Gasteiger partial charge in [-0.1, -0.05) is 54.6 Å². The van der Waals surface area contributed by atoms with Crippen LogP contribution in [-0.2, 0) is 9.53 Å². The Labute approximate surface area is 166 Å². The Morgan fingerprint density at radius 1 is 1.11 bits per heavy atom. The van der Waals surface area contributed by atoms with E-state index in [-0.39, 0.29) is 6.42 Å². The minimum absolute atomic E-state index is 0.261. The SMILES string of the molecule is O=C(O)CCC/C=C\C[C@@H]1[C@@H](CSC/C=C/c2ccccc2)[C@@H]2CC[C@H]1O2. The van der Waals surface area contributed by atoms with Gasteiger partial charge in [0.1, 0.15) is 0 Å². The van der Waals surface area contributed by atoms with Crippen LogP contribution in [0.5, 0.6) is 0 Å². The van der Waals surface area contributed by atoms with Crippen molar-refractivity contribution < 1.29 is 14.6 Å². The minimum atomic E-state index is -0.705. The normalized spacial score (nSPS) is 27.1. The standard InChI is InChI=1S/C23H30O3S/c24-23(25)13-7-2-1-6-12-19-20(22-15-14-21(19)26-22)17-27-16-8-11-18-9-4-3-5-10-18/h1,3-6,8-11,19-22H,2,7,12-17H2,(H,24,25)/b6-1-,11-8+/t19-,20-,21-,22+/m1/s1. The smallest absolute Gasteiger partial charge is 0.303 e. The summed E-state index contributed by atoms with van der Waals surface area (Å²) in [5.74, 6) is 2.79. The van der Waals surface area contributed by atoms with E-state index in [0.717, 1.165) is 30.8 Å². The molecule has 1 aromatic rings. The second kappa shape index (κ2) is 10.7. The number of ether oxygens (including phenoxy) is 1. The third-order valence-electron chi connectivity index (χ3n) is 5.56. The molecule has 146 valence electrons. The first-order valence-electron chi connectivity index (χ1n) is 10.1. The zero-order valence-corrected chi connectivity index (χ0v) is 16.7. The number of carboxylic acids is 1. The summed E-state index contributed by atoms with van der Waals surface area (Å²) in [4.78, 5) is 10.6. The van der Waals surface area contributed by atoms with Crippen LogP contribution >= 0.6 is 11.8 Å². The monoisotopic (exact) mass is 386 g/mol. The Hall–Kier alpha value is -1.52. The Morgan fingerprint density at radius 3 is 2.67 bits per heavy atom. The summed E-state index contributed by atoms with van der Waals surface area (Å²) in [7, 11) is 0. The maximum absolute atomic E-state index is 10.6. The highest BCUT2D eigenvalue weighted by Crippen LogP contribution is 2.46. The quantitative estimate of drug-likeness (QED) is 0.407. The van der Waals surface area contributed by atoms with Crippen LogP contribution in [0.4, 0.5) is 0 Å². The number of unbranched alkanes of at least 4 members (excludes halogenated alkanes) is 1. The fraction of sp³-hybridized carbons (Fsp3) is 0.522. The highest BCUT2D eigenvalue weighted by molar-refractivity contribution is 7.99. The molecule has 0 amide bonds. The van der Waals surface area contributed by atoms with E-state index in [2.05, 4.69) is 48.6 Å². The van der Waals surface area contributed by atoms with E-state index in [1.807, 2.05) is 17.8 Å². The van der Waals surface area contributed by atoms with Gasteiger partial charge in [0, 0.05) is 12.2 Å². The average Bonchev–Trinajstić information content (AvgIpc) is 3.27. The summed E-state index contributed by atoms with van der Waals surface area (Å²) in [6.07, 6.45) is 15.1. The third-order valence-corrected chi connectivity index (χ3v) is 6.61. The first-order valence-corrected chi connectivity index (χ1v) is 11.2. The lowest BCUT2D eigenvalue weighted by atomic mass is 9.78. The van der Waals surface area contributed by atoms with Crippen molar-refractivity contribution in [3.05, 3.63) is 54.1 Å². The second-order valence-corrected chi connectivity index (χ2v) is 8.54. The molecule has 0 radical (unpaired) electrons. The molecule has 2 aliphatic heterocycles. The molecular formula is C23H30O3S. The number of thioether (sulfide) groups is 1. The molecule has 27 heavy (non-hydrogen) atoms. The fourth-order valence-electron chi connectivity index (χ4n) is 4.19. The molecule has 0 aliphatic carbocycles. The topological polar surface area (TPSA) is 46.5 Å². The molecule has 0 spiro atoms. The van der Waals surface area contributed by atoms with Crippen LogP contribution < -0.4 is 0 Å². The first-order chi connectivity index (χ1) is 13.2. The third kappa shape index (κ3) is 6.25. The zero-order chi connectivity index (χ0) is 18.9. The van der Waals surface area contributed by atoms with Crippen LogP contribution in [0.15, 0.2) is 48.6 Å². The molecule has 4 atom stereocenters. The summed E-state index contributed by atoms with van der Waals surface area (Å²) in [5.41, 5.74) is 1.26. The van der Waals surface area contributed by atoms with Gasteiger partial charge in [0.25, 0.3) is 0 Å². The number of hydrogen-bond acceptors (Lipinski definition) is 3. The van der Waals surface area contributed by atoms with Gasteiger partial charge in [0.05, 0.1) is 12.2 Å². The molecule has 2 heterocycles. The van der Waals surface area contributed by atoms with E-state index < -0.39 is 5.97 Å². The summed E-state index contributed by atoms with van der Waals surface area (Å²) < 4.78 is 6.19. The molecule has 2 aliphatic rings. The van der Waals surface area contributed by atoms with Crippen LogP contribution in [0.25, 0.3) is 6.08 Å². The van der Waals surface area contributed by atoms with E-state index >= 15 is 0 Å². The van der Waals surface area contributed by atoms with Crippen LogP contribution in [-0.4, -0.2) is 34.8 Å². The molecule has 0 unspecified atom stereocenters. The van der Waals surface area contributed by atoms with E-state index in [4.69, 9.17) is 9.84 Å². The molecule has 2 fully saturated rings. The second-order valence-electron chi connectivity index (χ2n) is 7.46. The molecule has 1 N–H and O–H groups in total. The van der Waals surface area contributed by atoms with Crippen molar-refractivity contribution in [3.63, 3.8) is 0 Å². The van der Waals surface area contributed by atoms with Gasteiger partial charge in [-0.2, -0.15) is 11.8 Å². The molecule has 0 saturated carbocycles. The largest absolute Gasteiger partial charge is 0.481 e. The van der Waals surface area contributed by atoms with E-state index in [1.54, 1.807) is 0 Å². The lowest BCUT2D eigenvalue weighted by molar-refractivity contribution is -0.137. The predicted molar refractivity (Wildman–Crippen MR) is 113 cm³/mol. The van der Waals surface area contributed by atoms with Gasteiger partial charge in [0.15, 0.2) is 0 Å². The van der Waals surface area contributed by atoms with Crippen LogP contribution in [0.3, 0.4) is 0 Å². The van der Waals surface area contributed by atoms with Crippen molar-refractivity contribution in [3.8, 4) is 0 Å². The van der Waals surface area contributed by atoms with E-state index in [9.17, 15) is 4.79 Å². The first kappa shape index (κ1) is 20.2. The summed E-state index contributed by atoms with van der Waals surface area (Å²) >= 11 is 2.01. The lowest BCUT2D eigenvalue weighted by Crippen LogP contribution is -2.28. The summed E-state index contributed by atoms with van der Waals surface area (Å²) in [5, 5.41) is 8.69. The highest BCUT2D eigenvalue weighted by Gasteiger charge is 2.47. The zero-order valence-electron chi connectivity index (χ0n) is 15.8. The Balaban J connectivity index is 1.39. The molecule has 3 rings (SSSR count). The number of carboxylic acid groups (broad SMARTS) is 1. The maximum Gasteiger partial charge on any atom is 0.303 e. The van der Waals surface area contributed by atoms with Crippen molar-refractivity contribution in [2.24, 2.45) is 11.8 Å². The van der Waals surface area contributed by atoms with Gasteiger partial charge >= 0.3 is 5.97 Å². The summed E-state index contributed by atoms with van der Waals surface area (Å²) in [6, 6.07) is 10.4. The van der Waals surface area contributed by atoms with Gasteiger partial charge < -0.3 is 9.84 Å². The molecule has 2 saturated heterocycles. The van der Waals surface area contributed by atoms with Crippen molar-refractivity contribution in [1.29, 1.82) is 0 Å². The lowest BCUT2D eigenvalue weighted by Gasteiger charge is -2.26. The predicted octanol–water partition coefficient (Wildman–Crippen LogP) is 5.43. The molecular weight excluding hydrogens is 356 g/mol. The molecule has 3 nitrogen and oxygen atoms in total. The number of allylic oxidation sites excluding steroid dienone is 2. The molecule has 1 aromatic carbocycles. The van der Waals surface area contributed by atoms with E-state index in [1.165, 1.54) is 18.4 Å². The van der Waals surface area contributed by atoms with Crippen LogP contribution in [0, 0.1) is 11.8 Å². The number of benzene rings is 1. The number of carbonyl (C=O) groups is 1. The van der Waals surface area contributed by atoms with Crippen molar-refractivity contribution in [1.82, 2.24) is 0 Å². The Kier molecular flexibility index (Phi) is 8.03. The number of aliphatic carboxylic acids is 1.